The first kappa shape index (κ1) is 16.1. The molecule has 1 aromatic carbocycles. The molecular formula is C19H22N4O2. The van der Waals surface area contributed by atoms with Gasteiger partial charge in [0, 0.05) is 42.5 Å². The number of ether oxygens (including phenoxy) is 1. The molecule has 1 saturated heterocycles. The van der Waals surface area contributed by atoms with Crippen molar-refractivity contribution in [2.45, 2.75) is 18.4 Å². The molecule has 1 aromatic heterocycles. The fraction of sp³-hybridized carbons (Fsp3) is 0.368. The minimum Gasteiger partial charge on any atom is -0.384 e. The van der Waals surface area contributed by atoms with Gasteiger partial charge in [0.2, 0.25) is 0 Å². The van der Waals surface area contributed by atoms with Crippen molar-refractivity contribution in [3.05, 3.63) is 53.7 Å². The number of anilines is 2. The van der Waals surface area contributed by atoms with Crippen molar-refractivity contribution >= 4 is 17.4 Å². The number of rotatable bonds is 3. The molecule has 130 valence electrons. The zero-order valence-corrected chi connectivity index (χ0v) is 14.0. The van der Waals surface area contributed by atoms with Crippen LogP contribution in [0.4, 0.5) is 11.5 Å². The third-order valence-corrected chi connectivity index (χ3v) is 4.91. The second-order valence-electron chi connectivity index (χ2n) is 6.60. The van der Waals surface area contributed by atoms with Crippen LogP contribution in [-0.2, 0) is 4.74 Å². The molecule has 0 saturated carbocycles. The average Bonchev–Trinajstić information content (AvgIpc) is 3.01. The van der Waals surface area contributed by atoms with E-state index >= 15 is 0 Å². The number of carbonyl (C=O) groups excluding carboxylic acids is 1. The molecule has 1 amide bonds. The highest BCUT2D eigenvalue weighted by Crippen LogP contribution is 2.39. The van der Waals surface area contributed by atoms with Gasteiger partial charge in [-0.1, -0.05) is 18.2 Å². The normalized spacial score (nSPS) is 22.6. The Kier molecular flexibility index (Phi) is 4.38. The highest BCUT2D eigenvalue weighted by molar-refractivity contribution is 6.07. The summed E-state index contributed by atoms with van der Waals surface area (Å²) >= 11 is 0. The summed E-state index contributed by atoms with van der Waals surface area (Å²) < 4.78 is 5.57. The quantitative estimate of drug-likeness (QED) is 0.892. The molecule has 2 aromatic rings. The molecule has 0 spiro atoms. The Bertz CT molecular complexity index is 774. The van der Waals surface area contributed by atoms with E-state index in [9.17, 15) is 4.79 Å². The Labute approximate surface area is 147 Å². The minimum atomic E-state index is -0.0306. The van der Waals surface area contributed by atoms with Crippen LogP contribution in [0.15, 0.2) is 42.6 Å². The summed E-state index contributed by atoms with van der Waals surface area (Å²) in [7, 11) is 0. The average molecular weight is 338 g/mol. The van der Waals surface area contributed by atoms with E-state index in [0.29, 0.717) is 29.9 Å². The minimum absolute atomic E-state index is 0.0306. The molecule has 6 nitrogen and oxygen atoms in total. The number of benzene rings is 1. The standard InChI is InChI=1S/C19H22N4O2/c20-18-10-13(5-6-22-18)19(24)23-11-14(9-15-12-25-8-7-21-15)16-3-1-2-4-17(16)23/h1-6,10,14-15,21H,7-9,11-12H2,(H2,20,22). The van der Waals surface area contributed by atoms with E-state index < -0.39 is 0 Å². The van der Waals surface area contributed by atoms with Gasteiger partial charge in [0.25, 0.3) is 5.91 Å². The number of hydrogen-bond acceptors (Lipinski definition) is 5. The van der Waals surface area contributed by atoms with Gasteiger partial charge in [0.15, 0.2) is 0 Å². The van der Waals surface area contributed by atoms with Gasteiger partial charge in [-0.2, -0.15) is 0 Å². The molecule has 2 unspecified atom stereocenters. The van der Waals surface area contributed by atoms with E-state index in [1.165, 1.54) is 5.56 Å². The van der Waals surface area contributed by atoms with E-state index in [-0.39, 0.29) is 5.91 Å². The maximum Gasteiger partial charge on any atom is 0.258 e. The van der Waals surface area contributed by atoms with Gasteiger partial charge in [0.1, 0.15) is 5.82 Å². The number of amides is 1. The molecule has 1 fully saturated rings. The third kappa shape index (κ3) is 3.23. The van der Waals surface area contributed by atoms with Crippen molar-refractivity contribution in [3.8, 4) is 0 Å². The predicted molar refractivity (Wildman–Crippen MR) is 96.7 cm³/mol. The van der Waals surface area contributed by atoms with Crippen LogP contribution in [0.25, 0.3) is 0 Å². The Balaban J connectivity index is 1.58. The first-order valence-corrected chi connectivity index (χ1v) is 8.66. The fourth-order valence-corrected chi connectivity index (χ4v) is 3.74. The first-order valence-electron chi connectivity index (χ1n) is 8.66. The van der Waals surface area contributed by atoms with E-state index in [2.05, 4.69) is 16.4 Å². The first-order chi connectivity index (χ1) is 12.2. The Morgan fingerprint density at radius 3 is 3.04 bits per heavy atom. The van der Waals surface area contributed by atoms with E-state index in [4.69, 9.17) is 10.5 Å². The van der Waals surface area contributed by atoms with Crippen molar-refractivity contribution in [2.75, 3.05) is 36.9 Å². The molecular weight excluding hydrogens is 316 g/mol. The number of nitrogen functional groups attached to an aromatic ring is 1. The van der Waals surface area contributed by atoms with Crippen molar-refractivity contribution in [1.82, 2.24) is 10.3 Å². The lowest BCUT2D eigenvalue weighted by Crippen LogP contribution is -2.42. The van der Waals surface area contributed by atoms with Crippen LogP contribution < -0.4 is 16.0 Å². The smallest absolute Gasteiger partial charge is 0.258 e. The molecule has 0 radical (unpaired) electrons. The van der Waals surface area contributed by atoms with E-state index in [1.807, 2.05) is 23.1 Å². The highest BCUT2D eigenvalue weighted by atomic mass is 16.5. The lowest BCUT2D eigenvalue weighted by molar-refractivity contribution is 0.0721. The number of nitrogens with one attached hydrogen (secondary N) is 1. The molecule has 6 heteroatoms. The number of carbonyl (C=O) groups is 1. The summed E-state index contributed by atoms with van der Waals surface area (Å²) in [4.78, 5) is 18.8. The summed E-state index contributed by atoms with van der Waals surface area (Å²) in [5.41, 5.74) is 8.53. The number of hydrogen-bond donors (Lipinski definition) is 2. The van der Waals surface area contributed by atoms with Crippen LogP contribution in [0, 0.1) is 0 Å². The zero-order chi connectivity index (χ0) is 17.2. The number of para-hydroxylation sites is 1. The van der Waals surface area contributed by atoms with E-state index in [1.54, 1.807) is 18.3 Å². The summed E-state index contributed by atoms with van der Waals surface area (Å²) in [6.45, 7) is 3.07. The van der Waals surface area contributed by atoms with Crippen molar-refractivity contribution in [2.24, 2.45) is 0 Å². The monoisotopic (exact) mass is 338 g/mol. The van der Waals surface area contributed by atoms with Crippen LogP contribution in [-0.4, -0.2) is 43.2 Å². The Morgan fingerprint density at radius 2 is 2.24 bits per heavy atom. The second-order valence-corrected chi connectivity index (χ2v) is 6.60. The van der Waals surface area contributed by atoms with Crippen molar-refractivity contribution < 1.29 is 9.53 Å². The summed E-state index contributed by atoms with van der Waals surface area (Å²) in [6, 6.07) is 11.8. The number of fused-ring (bicyclic) bond motifs is 1. The largest absolute Gasteiger partial charge is 0.384 e. The maximum atomic E-state index is 13.0. The number of pyridine rings is 1. The van der Waals surface area contributed by atoms with Gasteiger partial charge in [-0.25, -0.2) is 4.98 Å². The molecule has 25 heavy (non-hydrogen) atoms. The number of nitrogens with zero attached hydrogens (tertiary/aromatic N) is 2. The van der Waals surface area contributed by atoms with Crippen LogP contribution in [0.3, 0.4) is 0 Å². The maximum absolute atomic E-state index is 13.0. The zero-order valence-electron chi connectivity index (χ0n) is 14.0. The molecule has 0 bridgehead atoms. The van der Waals surface area contributed by atoms with Crippen LogP contribution in [0.1, 0.15) is 28.3 Å². The van der Waals surface area contributed by atoms with Gasteiger partial charge in [0.05, 0.1) is 13.2 Å². The second kappa shape index (κ2) is 6.82. The number of morpholine rings is 1. The van der Waals surface area contributed by atoms with Gasteiger partial charge in [-0.05, 0) is 30.2 Å². The third-order valence-electron chi connectivity index (χ3n) is 4.91. The topological polar surface area (TPSA) is 80.5 Å². The van der Waals surface area contributed by atoms with Crippen LogP contribution >= 0.6 is 0 Å². The van der Waals surface area contributed by atoms with Gasteiger partial charge in [-0.3, -0.25) is 4.79 Å². The van der Waals surface area contributed by atoms with Gasteiger partial charge < -0.3 is 20.7 Å². The van der Waals surface area contributed by atoms with Crippen LogP contribution in [0.2, 0.25) is 0 Å². The van der Waals surface area contributed by atoms with Crippen molar-refractivity contribution in [1.29, 1.82) is 0 Å². The molecule has 4 rings (SSSR count). The lowest BCUT2D eigenvalue weighted by atomic mass is 9.94. The Morgan fingerprint density at radius 1 is 1.36 bits per heavy atom. The molecule has 3 heterocycles. The SMILES string of the molecule is Nc1cc(C(=O)N2CC(CC3COCCN3)c3ccccc32)ccn1. The fourth-order valence-electron chi connectivity index (χ4n) is 3.74. The molecule has 2 atom stereocenters. The van der Waals surface area contributed by atoms with E-state index in [0.717, 1.165) is 31.9 Å². The predicted octanol–water partition coefficient (Wildman–Crippen LogP) is 1.79. The van der Waals surface area contributed by atoms with Gasteiger partial charge in [-0.15, -0.1) is 0 Å². The number of nitrogens with two attached hydrogens (primary N) is 1. The van der Waals surface area contributed by atoms with Gasteiger partial charge >= 0.3 is 0 Å². The summed E-state index contributed by atoms with van der Waals surface area (Å²) in [5, 5.41) is 3.51. The van der Waals surface area contributed by atoms with Crippen LogP contribution in [0.5, 0.6) is 0 Å². The lowest BCUT2D eigenvalue weighted by Gasteiger charge is -2.26. The summed E-state index contributed by atoms with van der Waals surface area (Å²) in [5.74, 6) is 0.633. The molecule has 2 aliphatic heterocycles. The number of aromatic nitrogens is 1. The highest BCUT2D eigenvalue weighted by Gasteiger charge is 2.34. The molecule has 2 aliphatic rings. The summed E-state index contributed by atoms with van der Waals surface area (Å²) in [6.07, 6.45) is 2.53. The molecule has 0 aliphatic carbocycles. The van der Waals surface area contributed by atoms with Crippen molar-refractivity contribution in [3.63, 3.8) is 0 Å². The Hall–Kier alpha value is -2.44. The molecule has 3 N–H and O–H groups in total.